The monoisotopic (exact) mass is 1290 g/mol. The highest BCUT2D eigenvalue weighted by Gasteiger charge is 2.31. The largest absolute Gasteiger partial charge is 0.507 e. The Morgan fingerprint density at radius 1 is 0.232 bits per heavy atom. The number of para-hydroxylation sites is 2. The first-order chi connectivity index (χ1) is 44.7. The molecule has 12 bridgehead atoms. The van der Waals surface area contributed by atoms with Gasteiger partial charge in [0.25, 0.3) is 0 Å². The fourth-order valence-corrected chi connectivity index (χ4v) is 12.9. The number of benzene rings is 7. The van der Waals surface area contributed by atoms with Gasteiger partial charge in [-0.15, -0.1) is 0 Å². The van der Waals surface area contributed by atoms with Gasteiger partial charge < -0.3 is 52.8 Å². The van der Waals surface area contributed by atoms with Crippen LogP contribution >= 0.6 is 0 Å². The highest BCUT2D eigenvalue weighted by atomic mass is 16.6. The molecule has 0 spiro atoms. The lowest BCUT2D eigenvalue weighted by atomic mass is 9.79. The third-order valence-corrected chi connectivity index (χ3v) is 18.7. The maximum absolute atomic E-state index is 13.1. The van der Waals surface area contributed by atoms with Crippen molar-refractivity contribution in [1.82, 2.24) is 0 Å². The summed E-state index contributed by atoms with van der Waals surface area (Å²) in [5, 5.41) is 26.3. The zero-order valence-electron chi connectivity index (χ0n) is 60.5. The van der Waals surface area contributed by atoms with Crippen LogP contribution in [0.1, 0.15) is 225 Å². The summed E-state index contributed by atoms with van der Waals surface area (Å²) in [4.78, 5) is 0. The zero-order valence-corrected chi connectivity index (χ0v) is 60.5. The summed E-state index contributed by atoms with van der Waals surface area (Å²) in [7, 11) is 0. The minimum atomic E-state index is -0.305. The molecule has 11 nitrogen and oxygen atoms in total. The second-order valence-electron chi connectivity index (χ2n) is 32.7. The van der Waals surface area contributed by atoms with Crippen LogP contribution in [0.4, 0.5) is 0 Å². The minimum Gasteiger partial charge on any atom is -0.507 e. The van der Waals surface area contributed by atoms with E-state index in [-0.39, 0.29) is 76.8 Å². The molecule has 0 unspecified atom stereocenters. The molecular formula is C84H108O11. The van der Waals surface area contributed by atoms with E-state index >= 15 is 0 Å². The van der Waals surface area contributed by atoms with Crippen LogP contribution in [0, 0.1) is 0 Å². The molecule has 3 aliphatic rings. The minimum absolute atomic E-state index is 0.192. The van der Waals surface area contributed by atoms with Crippen LogP contribution in [0.5, 0.6) is 46.0 Å². The predicted octanol–water partition coefficient (Wildman–Crippen LogP) is 17.8. The highest BCUT2D eigenvalue weighted by molar-refractivity contribution is 5.61. The lowest BCUT2D eigenvalue weighted by molar-refractivity contribution is 0.00474. The number of rotatable bonds is 0. The summed E-state index contributed by atoms with van der Waals surface area (Å²) in [6, 6.07) is 35.0. The Kier molecular flexibility index (Phi) is 21.2. The van der Waals surface area contributed by atoms with Gasteiger partial charge in [0.05, 0.1) is 39.6 Å². The van der Waals surface area contributed by atoms with E-state index in [2.05, 4.69) is 197 Å². The summed E-state index contributed by atoms with van der Waals surface area (Å²) in [5.41, 5.74) is 15.9. The molecule has 3 heterocycles. The van der Waals surface area contributed by atoms with Crippen LogP contribution in [0.15, 0.2) is 97.1 Å². The summed E-state index contributed by atoms with van der Waals surface area (Å²) in [5.74, 6) is 4.58. The second kappa shape index (κ2) is 28.5. The van der Waals surface area contributed by atoms with E-state index in [9.17, 15) is 10.2 Å². The van der Waals surface area contributed by atoms with Gasteiger partial charge in [0.1, 0.15) is 74.1 Å². The van der Waals surface area contributed by atoms with E-state index in [0.717, 1.165) is 101 Å². The van der Waals surface area contributed by atoms with Crippen molar-refractivity contribution in [2.45, 2.75) is 196 Å². The number of hydrogen-bond donors (Lipinski definition) is 2. The lowest BCUT2D eigenvalue weighted by Crippen LogP contribution is -2.19. The molecule has 3 aliphatic heterocycles. The van der Waals surface area contributed by atoms with Gasteiger partial charge in [0.2, 0.25) is 0 Å². The number of ether oxygens (including phenoxy) is 9. The molecule has 0 amide bonds. The molecule has 2 N–H and O–H groups in total. The van der Waals surface area contributed by atoms with Crippen LogP contribution in [0.3, 0.4) is 0 Å². The van der Waals surface area contributed by atoms with Crippen LogP contribution in [0.2, 0.25) is 0 Å². The molecular weight excluding hydrogens is 1180 g/mol. The van der Waals surface area contributed by atoms with Crippen molar-refractivity contribution in [3.05, 3.63) is 197 Å². The van der Waals surface area contributed by atoms with E-state index in [1.54, 1.807) is 0 Å². The molecule has 0 radical (unpaired) electrons. The second-order valence-corrected chi connectivity index (χ2v) is 32.7. The fourth-order valence-electron chi connectivity index (χ4n) is 12.9. The smallest absolute Gasteiger partial charge is 0.161 e. The van der Waals surface area contributed by atoms with E-state index < -0.39 is 0 Å². The average molecular weight is 1290 g/mol. The first kappa shape index (κ1) is 70.6. The van der Waals surface area contributed by atoms with Gasteiger partial charge in [-0.1, -0.05) is 210 Å². The molecule has 95 heavy (non-hydrogen) atoms. The third kappa shape index (κ3) is 17.3. The Hall–Kier alpha value is -7.18. The standard InChI is InChI=1S/C84H108O11/c1-79(2,3)65-41-53-35-54-42-66(80(4,5)6)44-56(74(54)86)37-58-46-68(82(10,11)12)48-60-39-62-50-70(84(16,17)18)52-64-40-63-51-69(83(13,14)15)49-61(77(63)92-29-27-88-25-23-87-24-26-89-28-30-93-78(62)64)38-59-47-67(81(7,8)9)45-57(36-55(43-65)73(53)85)75(59)94-33-31-90-71-21-19-20-22-72(71)91-32-34-95-76(58)60/h19-22,41-52,85-86H,23-40H2,1-18H3. The van der Waals surface area contributed by atoms with Gasteiger partial charge in [-0.25, -0.2) is 0 Å². The van der Waals surface area contributed by atoms with Gasteiger partial charge in [0.15, 0.2) is 11.5 Å². The Bertz CT molecular complexity index is 3620. The fraction of sp³-hybridized carbons (Fsp3) is 0.500. The predicted molar refractivity (Wildman–Crippen MR) is 383 cm³/mol. The molecule has 11 heteroatoms. The topological polar surface area (TPSA) is 124 Å². The van der Waals surface area contributed by atoms with E-state index in [4.69, 9.17) is 42.6 Å². The number of phenolic OH excluding ortho intramolecular Hbond substituents is 2. The Labute approximate surface area is 568 Å². The molecule has 0 saturated heterocycles. The van der Waals surface area contributed by atoms with Crippen LogP contribution < -0.4 is 28.4 Å². The maximum atomic E-state index is 13.1. The molecule has 0 aliphatic carbocycles. The van der Waals surface area contributed by atoms with Crippen LogP contribution in [0.25, 0.3) is 0 Å². The molecule has 510 valence electrons. The van der Waals surface area contributed by atoms with Gasteiger partial charge in [-0.05, 0) is 145 Å². The van der Waals surface area contributed by atoms with Crippen molar-refractivity contribution in [2.24, 2.45) is 0 Å². The first-order valence-corrected chi connectivity index (χ1v) is 34.6. The SMILES string of the molecule is CC(C)(C)c1cc2c(O)c(c1)Cc1cc(C(C)(C)C)cc3c1OCCOc1ccccc1OCCOc1c(cc(C(C)(C)C)cc1Cc1cc(C(C)(C)C)cc4c1OCCOCCOCCOCCOc1c(cc(C(C)(C)C)cc1C4)C3)Cc1cc(C(C)(C)C)cc(c1O)C2. The summed E-state index contributed by atoms with van der Waals surface area (Å²) in [6.45, 7) is 44.4. The van der Waals surface area contributed by atoms with E-state index in [1.165, 1.54) is 11.1 Å². The Balaban J connectivity index is 1.36. The van der Waals surface area contributed by atoms with Gasteiger partial charge in [0, 0.05) is 38.5 Å². The summed E-state index contributed by atoms with van der Waals surface area (Å²) in [6.07, 6.45) is 2.34. The zero-order chi connectivity index (χ0) is 68.4. The van der Waals surface area contributed by atoms with Crippen molar-refractivity contribution in [2.75, 3.05) is 79.3 Å². The van der Waals surface area contributed by atoms with Crippen molar-refractivity contribution >= 4 is 0 Å². The number of hydrogen-bond acceptors (Lipinski definition) is 11. The van der Waals surface area contributed by atoms with Crippen LogP contribution in [-0.4, -0.2) is 89.5 Å². The lowest BCUT2D eigenvalue weighted by Gasteiger charge is -2.29. The number of fused-ring (bicyclic) bond motifs is 10. The summed E-state index contributed by atoms with van der Waals surface area (Å²) >= 11 is 0. The normalized spacial score (nSPS) is 16.2. The number of aromatic hydroxyl groups is 2. The van der Waals surface area contributed by atoms with Crippen molar-refractivity contribution in [1.29, 1.82) is 0 Å². The first-order valence-electron chi connectivity index (χ1n) is 34.6. The van der Waals surface area contributed by atoms with E-state index in [0.29, 0.717) is 108 Å². The van der Waals surface area contributed by atoms with Crippen molar-refractivity contribution < 1.29 is 52.8 Å². The molecule has 0 fully saturated rings. The van der Waals surface area contributed by atoms with Gasteiger partial charge in [-0.2, -0.15) is 0 Å². The Morgan fingerprint density at radius 2 is 0.400 bits per heavy atom. The number of phenols is 2. The molecule has 0 atom stereocenters. The molecule has 7 aromatic rings. The quantitative estimate of drug-likeness (QED) is 0.151. The van der Waals surface area contributed by atoms with Gasteiger partial charge >= 0.3 is 0 Å². The average Bonchev–Trinajstić information content (AvgIpc) is 0.811. The molecule has 0 aromatic heterocycles. The van der Waals surface area contributed by atoms with E-state index in [1.807, 2.05) is 24.3 Å². The summed E-state index contributed by atoms with van der Waals surface area (Å²) < 4.78 is 60.9. The third-order valence-electron chi connectivity index (χ3n) is 18.7. The maximum Gasteiger partial charge on any atom is 0.161 e. The molecule has 0 saturated carbocycles. The highest BCUT2D eigenvalue weighted by Crippen LogP contribution is 2.46. The van der Waals surface area contributed by atoms with Crippen molar-refractivity contribution in [3.8, 4) is 46.0 Å². The van der Waals surface area contributed by atoms with Crippen LogP contribution in [-0.2, 0) is 85.2 Å². The van der Waals surface area contributed by atoms with Crippen molar-refractivity contribution in [3.63, 3.8) is 0 Å². The van der Waals surface area contributed by atoms with Gasteiger partial charge in [-0.3, -0.25) is 0 Å². The molecule has 7 aromatic carbocycles. The molecule has 10 rings (SSSR count). The Morgan fingerprint density at radius 3 is 0.621 bits per heavy atom.